The average Bonchev–Trinajstić information content (AvgIpc) is 3.23. The molecule has 3 aromatic rings. The Labute approximate surface area is 212 Å². The molecule has 0 radical (unpaired) electrons. The lowest BCUT2D eigenvalue weighted by Crippen LogP contribution is -2.34. The number of aromatic nitrogens is 3. The standard InChI is InChI=1S/C21H19F3N4OS.C2HF3O2/c22-17-7-19(24)18(23)5-13(17)11-29-12-15-6-16(30)10-28(15)21-26-8-14(9-27-21)20-3-1-2-4-25-20;3-2(4,5)1(6)7/h1-5,7-9,15-16,30H,6,10-12H2;(H,6,7)/t15-,16+;/m0./s1. The summed E-state index contributed by atoms with van der Waals surface area (Å²) in [5.41, 5.74) is 1.56. The number of nitrogens with zero attached hydrogens (tertiary/aromatic N) is 4. The molecule has 1 aliphatic rings. The van der Waals surface area contributed by atoms with Gasteiger partial charge in [0.15, 0.2) is 11.6 Å². The summed E-state index contributed by atoms with van der Waals surface area (Å²) in [5, 5.41) is 7.23. The second-order valence-corrected chi connectivity index (χ2v) is 8.59. The molecule has 198 valence electrons. The predicted octanol–water partition coefficient (Wildman–Crippen LogP) is 4.68. The first-order chi connectivity index (χ1) is 17.5. The third-order valence-corrected chi connectivity index (χ3v) is 5.52. The van der Waals surface area contributed by atoms with Crippen LogP contribution in [-0.4, -0.2) is 56.6 Å². The quantitative estimate of drug-likeness (QED) is 0.264. The van der Waals surface area contributed by atoms with E-state index in [0.29, 0.717) is 18.6 Å². The molecule has 2 aromatic heterocycles. The highest BCUT2D eigenvalue weighted by Gasteiger charge is 2.38. The smallest absolute Gasteiger partial charge is 0.475 e. The van der Waals surface area contributed by atoms with E-state index in [4.69, 9.17) is 14.6 Å². The number of alkyl halides is 3. The van der Waals surface area contributed by atoms with Gasteiger partial charge in [-0.2, -0.15) is 25.8 Å². The molecule has 0 aliphatic carbocycles. The van der Waals surface area contributed by atoms with E-state index < -0.39 is 29.6 Å². The van der Waals surface area contributed by atoms with Crippen LogP contribution in [0.2, 0.25) is 0 Å². The Morgan fingerprint density at radius 2 is 1.73 bits per heavy atom. The van der Waals surface area contributed by atoms with Crippen molar-refractivity contribution in [3.63, 3.8) is 0 Å². The summed E-state index contributed by atoms with van der Waals surface area (Å²) in [7, 11) is 0. The fraction of sp³-hybridized carbons (Fsp3) is 0.304. The van der Waals surface area contributed by atoms with Gasteiger partial charge in [-0.15, -0.1) is 0 Å². The Hall–Kier alpha value is -3.39. The Morgan fingerprint density at radius 3 is 2.32 bits per heavy atom. The highest BCUT2D eigenvalue weighted by molar-refractivity contribution is 7.81. The van der Waals surface area contributed by atoms with Crippen LogP contribution in [0.15, 0.2) is 48.9 Å². The predicted molar refractivity (Wildman–Crippen MR) is 123 cm³/mol. The van der Waals surface area contributed by atoms with Crippen LogP contribution in [0.1, 0.15) is 12.0 Å². The molecule has 0 unspecified atom stereocenters. The maximum Gasteiger partial charge on any atom is 0.490 e. The van der Waals surface area contributed by atoms with Crippen LogP contribution in [0.25, 0.3) is 11.3 Å². The van der Waals surface area contributed by atoms with Gasteiger partial charge in [0.25, 0.3) is 0 Å². The number of anilines is 1. The molecule has 1 saturated heterocycles. The molecule has 0 spiro atoms. The number of benzene rings is 1. The Morgan fingerprint density at radius 1 is 1.08 bits per heavy atom. The Balaban J connectivity index is 0.000000479. The van der Waals surface area contributed by atoms with Gasteiger partial charge in [0.2, 0.25) is 5.95 Å². The summed E-state index contributed by atoms with van der Waals surface area (Å²) < 4.78 is 77.5. The van der Waals surface area contributed by atoms with Gasteiger partial charge in [0.1, 0.15) is 5.82 Å². The molecule has 2 atom stereocenters. The molecule has 1 N–H and O–H groups in total. The summed E-state index contributed by atoms with van der Waals surface area (Å²) in [6.07, 6.45) is 0.781. The zero-order valence-electron chi connectivity index (χ0n) is 18.9. The van der Waals surface area contributed by atoms with Gasteiger partial charge >= 0.3 is 12.1 Å². The van der Waals surface area contributed by atoms with Crippen LogP contribution in [-0.2, 0) is 16.1 Å². The van der Waals surface area contributed by atoms with Gasteiger partial charge in [0.05, 0.1) is 24.9 Å². The molecule has 1 fully saturated rings. The number of hydrogen-bond acceptors (Lipinski definition) is 7. The Kier molecular flexibility index (Phi) is 9.32. The van der Waals surface area contributed by atoms with Gasteiger partial charge in [0, 0.05) is 47.6 Å². The first kappa shape index (κ1) is 28.2. The van der Waals surface area contributed by atoms with Gasteiger partial charge in [-0.05, 0) is 24.6 Å². The number of carboxylic acids is 1. The number of halogens is 6. The van der Waals surface area contributed by atoms with E-state index in [0.717, 1.165) is 23.7 Å². The summed E-state index contributed by atoms with van der Waals surface area (Å²) in [5.74, 6) is -5.37. The maximum atomic E-state index is 13.8. The van der Waals surface area contributed by atoms with Gasteiger partial charge in [-0.3, -0.25) is 4.98 Å². The lowest BCUT2D eigenvalue weighted by atomic mass is 10.2. The monoisotopic (exact) mass is 546 g/mol. The van der Waals surface area contributed by atoms with E-state index in [2.05, 4.69) is 27.6 Å². The highest BCUT2D eigenvalue weighted by atomic mass is 32.1. The molecule has 37 heavy (non-hydrogen) atoms. The van der Waals surface area contributed by atoms with Crippen molar-refractivity contribution in [2.24, 2.45) is 0 Å². The zero-order chi connectivity index (χ0) is 27.2. The maximum absolute atomic E-state index is 13.8. The number of aliphatic carboxylic acids is 1. The molecule has 14 heteroatoms. The summed E-state index contributed by atoms with van der Waals surface area (Å²) in [6, 6.07) is 6.89. The first-order valence-corrected chi connectivity index (χ1v) is 11.2. The lowest BCUT2D eigenvalue weighted by molar-refractivity contribution is -0.192. The van der Waals surface area contributed by atoms with E-state index >= 15 is 0 Å². The van der Waals surface area contributed by atoms with Crippen LogP contribution >= 0.6 is 12.6 Å². The molecule has 1 aliphatic heterocycles. The number of thiol groups is 1. The van der Waals surface area contributed by atoms with Crippen LogP contribution in [0.4, 0.5) is 32.3 Å². The largest absolute Gasteiger partial charge is 0.490 e. The average molecular weight is 546 g/mol. The fourth-order valence-corrected chi connectivity index (χ4v) is 3.83. The minimum absolute atomic E-state index is 0.0307. The molecule has 0 saturated carbocycles. The van der Waals surface area contributed by atoms with Crippen LogP contribution in [0.3, 0.4) is 0 Å². The molecule has 0 amide bonds. The van der Waals surface area contributed by atoms with Crippen LogP contribution in [0, 0.1) is 17.5 Å². The van der Waals surface area contributed by atoms with Gasteiger partial charge in [-0.25, -0.2) is 27.9 Å². The number of pyridine rings is 1. The molecule has 3 heterocycles. The van der Waals surface area contributed by atoms with Crippen molar-refractivity contribution in [2.45, 2.75) is 30.5 Å². The molecular weight excluding hydrogens is 526 g/mol. The number of carboxylic acid groups (broad SMARTS) is 1. The van der Waals surface area contributed by atoms with Crippen molar-refractivity contribution in [2.75, 3.05) is 18.1 Å². The van der Waals surface area contributed by atoms with Crippen molar-refractivity contribution >= 4 is 24.5 Å². The van der Waals surface area contributed by atoms with E-state index in [1.807, 2.05) is 23.1 Å². The fourth-order valence-electron chi connectivity index (χ4n) is 3.41. The van der Waals surface area contributed by atoms with E-state index in [1.165, 1.54) is 0 Å². The molecule has 0 bridgehead atoms. The highest BCUT2D eigenvalue weighted by Crippen LogP contribution is 2.27. The van der Waals surface area contributed by atoms with E-state index in [1.54, 1.807) is 18.6 Å². The third kappa shape index (κ3) is 7.79. The normalized spacial score (nSPS) is 17.3. The molecule has 1 aromatic carbocycles. The zero-order valence-corrected chi connectivity index (χ0v) is 19.8. The van der Waals surface area contributed by atoms with E-state index in [-0.39, 0.29) is 30.1 Å². The number of carbonyl (C=O) groups is 1. The Bertz CT molecular complexity index is 1200. The minimum Gasteiger partial charge on any atom is -0.475 e. The molecular formula is C23H20F6N4O3S. The summed E-state index contributed by atoms with van der Waals surface area (Å²) in [4.78, 5) is 24.1. The van der Waals surface area contributed by atoms with Crippen molar-refractivity contribution in [3.8, 4) is 11.3 Å². The van der Waals surface area contributed by atoms with Gasteiger partial charge < -0.3 is 14.7 Å². The van der Waals surface area contributed by atoms with Crippen molar-refractivity contribution in [1.29, 1.82) is 0 Å². The molecule has 4 rings (SSSR count). The second-order valence-electron chi connectivity index (χ2n) is 7.86. The second kappa shape index (κ2) is 12.2. The number of rotatable bonds is 6. The van der Waals surface area contributed by atoms with Crippen molar-refractivity contribution < 1.29 is 41.0 Å². The van der Waals surface area contributed by atoms with E-state index in [9.17, 15) is 26.3 Å². The van der Waals surface area contributed by atoms with Gasteiger partial charge in [-0.1, -0.05) is 6.07 Å². The third-order valence-electron chi connectivity index (χ3n) is 5.15. The van der Waals surface area contributed by atoms with Crippen LogP contribution < -0.4 is 4.90 Å². The van der Waals surface area contributed by atoms with Crippen molar-refractivity contribution in [1.82, 2.24) is 15.0 Å². The summed E-state index contributed by atoms with van der Waals surface area (Å²) in [6.45, 7) is 0.727. The number of ether oxygens (including phenoxy) is 1. The molecule has 7 nitrogen and oxygen atoms in total. The first-order valence-electron chi connectivity index (χ1n) is 10.6. The summed E-state index contributed by atoms with van der Waals surface area (Å²) >= 11 is 4.56. The number of hydrogen-bond donors (Lipinski definition) is 2. The topological polar surface area (TPSA) is 88.4 Å². The lowest BCUT2D eigenvalue weighted by Gasteiger charge is -2.24. The SMILES string of the molecule is Fc1cc(F)c(COC[C@@H]2C[C@@H](S)CN2c2ncc(-c3ccccn3)cn2)cc1F.O=C(O)C(F)(F)F. The minimum atomic E-state index is -5.08. The van der Waals surface area contributed by atoms with Crippen molar-refractivity contribution in [3.05, 3.63) is 71.9 Å². The van der Waals surface area contributed by atoms with Crippen LogP contribution in [0.5, 0.6) is 0 Å².